The standard InChI is InChI=1S/C30H32N2O6/c1-15-4-6-16(7-5-15)8-9-17-10-11-22(33)24-19(17)12-18-13-21-25(32(2)3)26(34)20(29(31)37)14-30(21,38)28(36)23(18)27(24)35/h4-11,18,20-21,23,25,33,38H,12-14H2,1-3H3,(H2,31,37)/b9-8+. The molecule has 3 aliphatic carbocycles. The number of primary amides is 1. The number of aryl methyl sites for hydroxylation is 1. The largest absolute Gasteiger partial charge is 0.507 e. The smallest absolute Gasteiger partial charge is 0.228 e. The zero-order valence-corrected chi connectivity index (χ0v) is 21.7. The van der Waals surface area contributed by atoms with Crippen molar-refractivity contribution in [1.29, 1.82) is 0 Å². The number of nitrogens with two attached hydrogens (primary N) is 1. The third kappa shape index (κ3) is 3.99. The number of phenols is 1. The van der Waals surface area contributed by atoms with Gasteiger partial charge in [-0.25, -0.2) is 0 Å². The monoisotopic (exact) mass is 516 g/mol. The molecule has 5 rings (SSSR count). The molecule has 2 fully saturated rings. The van der Waals surface area contributed by atoms with E-state index in [1.807, 2.05) is 43.3 Å². The molecule has 0 aromatic heterocycles. The predicted molar refractivity (Wildman–Crippen MR) is 141 cm³/mol. The second kappa shape index (κ2) is 9.29. The molecule has 6 atom stereocenters. The van der Waals surface area contributed by atoms with Crippen LogP contribution in [0.5, 0.6) is 5.75 Å². The van der Waals surface area contributed by atoms with Crippen LogP contribution in [0.2, 0.25) is 0 Å². The van der Waals surface area contributed by atoms with E-state index >= 15 is 0 Å². The van der Waals surface area contributed by atoms with Crippen LogP contribution in [0.4, 0.5) is 0 Å². The summed E-state index contributed by atoms with van der Waals surface area (Å²) in [6, 6.07) is 10.3. The lowest BCUT2D eigenvalue weighted by molar-refractivity contribution is -0.176. The van der Waals surface area contributed by atoms with Crippen molar-refractivity contribution >= 4 is 35.4 Å². The third-order valence-electron chi connectivity index (χ3n) is 8.64. The van der Waals surface area contributed by atoms with E-state index in [1.54, 1.807) is 25.1 Å². The van der Waals surface area contributed by atoms with E-state index in [1.165, 1.54) is 6.07 Å². The number of likely N-dealkylation sites (N-methyl/N-ethyl adjacent to an activating group) is 1. The molecule has 2 aromatic rings. The summed E-state index contributed by atoms with van der Waals surface area (Å²) in [5.74, 6) is -6.48. The molecule has 6 unspecified atom stereocenters. The van der Waals surface area contributed by atoms with E-state index in [9.17, 15) is 29.4 Å². The van der Waals surface area contributed by atoms with Crippen molar-refractivity contribution in [3.8, 4) is 5.75 Å². The number of hydrogen-bond acceptors (Lipinski definition) is 7. The Kier molecular flexibility index (Phi) is 6.36. The van der Waals surface area contributed by atoms with Crippen molar-refractivity contribution in [3.63, 3.8) is 0 Å². The zero-order valence-electron chi connectivity index (χ0n) is 21.7. The van der Waals surface area contributed by atoms with Gasteiger partial charge in [0, 0.05) is 12.3 Å². The molecular weight excluding hydrogens is 484 g/mol. The highest BCUT2D eigenvalue weighted by Crippen LogP contribution is 2.52. The molecule has 0 saturated heterocycles. The zero-order chi connectivity index (χ0) is 27.5. The van der Waals surface area contributed by atoms with E-state index in [4.69, 9.17) is 5.73 Å². The van der Waals surface area contributed by atoms with Crippen molar-refractivity contribution in [1.82, 2.24) is 4.90 Å². The second-order valence-corrected chi connectivity index (χ2v) is 11.2. The van der Waals surface area contributed by atoms with Crippen LogP contribution in [0.3, 0.4) is 0 Å². The summed E-state index contributed by atoms with van der Waals surface area (Å²) in [5.41, 5.74) is 7.05. The summed E-state index contributed by atoms with van der Waals surface area (Å²) >= 11 is 0. The van der Waals surface area contributed by atoms with E-state index in [-0.39, 0.29) is 17.7 Å². The Balaban J connectivity index is 1.56. The van der Waals surface area contributed by atoms with Gasteiger partial charge in [0.05, 0.1) is 17.5 Å². The molecule has 2 saturated carbocycles. The van der Waals surface area contributed by atoms with Crippen LogP contribution < -0.4 is 5.73 Å². The van der Waals surface area contributed by atoms with Crippen LogP contribution in [-0.2, 0) is 20.8 Å². The molecule has 4 N–H and O–H groups in total. The average Bonchev–Trinajstić information content (AvgIpc) is 2.85. The summed E-state index contributed by atoms with van der Waals surface area (Å²) in [4.78, 5) is 54.5. The van der Waals surface area contributed by atoms with Gasteiger partial charge >= 0.3 is 0 Å². The first kappa shape index (κ1) is 26.0. The summed E-state index contributed by atoms with van der Waals surface area (Å²) in [5, 5.41) is 22.4. The molecule has 198 valence electrons. The molecule has 0 bridgehead atoms. The van der Waals surface area contributed by atoms with Crippen LogP contribution in [-0.4, -0.2) is 64.1 Å². The Morgan fingerprint density at radius 3 is 2.39 bits per heavy atom. The second-order valence-electron chi connectivity index (χ2n) is 11.2. The minimum absolute atomic E-state index is 0.0928. The predicted octanol–water partition coefficient (Wildman–Crippen LogP) is 2.17. The van der Waals surface area contributed by atoms with Crippen LogP contribution >= 0.6 is 0 Å². The molecule has 1 amide bonds. The third-order valence-corrected chi connectivity index (χ3v) is 8.64. The number of phenolic OH excluding ortho intramolecular Hbond substituents is 1. The average molecular weight is 517 g/mol. The number of ketones is 3. The number of hydrogen-bond donors (Lipinski definition) is 3. The SMILES string of the molecule is Cc1ccc(/C=C/c2ccc(O)c3c2CC2CC4C(N(C)C)C(=O)C(C(N)=O)CC4(O)C(=O)C2C3=O)cc1. The topological polar surface area (TPSA) is 138 Å². The van der Waals surface area contributed by atoms with Gasteiger partial charge in [0.25, 0.3) is 0 Å². The van der Waals surface area contributed by atoms with Gasteiger partial charge in [-0.1, -0.05) is 48.0 Å². The summed E-state index contributed by atoms with van der Waals surface area (Å²) in [7, 11) is 3.33. The Hall–Kier alpha value is -3.62. The number of benzene rings is 2. The lowest BCUT2D eigenvalue weighted by Crippen LogP contribution is -2.69. The molecule has 8 heteroatoms. The number of aliphatic hydroxyl groups is 1. The van der Waals surface area contributed by atoms with Crippen LogP contribution in [0.25, 0.3) is 12.2 Å². The Labute approximate surface area is 221 Å². The number of fused-ring (bicyclic) bond motifs is 3. The highest BCUT2D eigenvalue weighted by atomic mass is 16.3. The van der Waals surface area contributed by atoms with Gasteiger partial charge in [-0.3, -0.25) is 24.1 Å². The fraction of sp³-hybridized carbons (Fsp3) is 0.400. The quantitative estimate of drug-likeness (QED) is 0.418. The molecule has 0 aliphatic heterocycles. The van der Waals surface area contributed by atoms with Crippen molar-refractivity contribution in [2.45, 2.75) is 37.8 Å². The lowest BCUT2D eigenvalue weighted by Gasteiger charge is -2.53. The minimum atomic E-state index is -2.05. The van der Waals surface area contributed by atoms with E-state index < -0.39 is 65.0 Å². The molecule has 38 heavy (non-hydrogen) atoms. The Morgan fingerprint density at radius 1 is 1.08 bits per heavy atom. The van der Waals surface area contributed by atoms with Gasteiger partial charge in [0.2, 0.25) is 5.91 Å². The molecule has 2 aromatic carbocycles. The molecule has 0 radical (unpaired) electrons. The number of carbonyl (C=O) groups is 4. The first-order valence-electron chi connectivity index (χ1n) is 12.8. The highest BCUT2D eigenvalue weighted by molar-refractivity contribution is 6.17. The Morgan fingerprint density at radius 2 is 1.76 bits per heavy atom. The van der Waals surface area contributed by atoms with E-state index in [0.29, 0.717) is 12.0 Å². The summed E-state index contributed by atoms with van der Waals surface area (Å²) in [6.07, 6.45) is 3.97. The first-order chi connectivity index (χ1) is 17.9. The van der Waals surface area contributed by atoms with E-state index in [2.05, 4.69) is 0 Å². The number of amides is 1. The van der Waals surface area contributed by atoms with Crippen LogP contribution in [0.15, 0.2) is 36.4 Å². The van der Waals surface area contributed by atoms with Crippen LogP contribution in [0.1, 0.15) is 45.5 Å². The first-order valence-corrected chi connectivity index (χ1v) is 12.8. The van der Waals surface area contributed by atoms with Gasteiger partial charge < -0.3 is 15.9 Å². The van der Waals surface area contributed by atoms with Crippen molar-refractivity contribution in [2.75, 3.05) is 14.1 Å². The van der Waals surface area contributed by atoms with Gasteiger partial charge in [-0.2, -0.15) is 0 Å². The van der Waals surface area contributed by atoms with Gasteiger partial charge in [-0.15, -0.1) is 0 Å². The van der Waals surface area contributed by atoms with Crippen molar-refractivity contribution in [2.24, 2.45) is 29.4 Å². The molecule has 8 nitrogen and oxygen atoms in total. The molecule has 3 aliphatic rings. The number of aromatic hydroxyl groups is 1. The fourth-order valence-electron chi connectivity index (χ4n) is 6.75. The van der Waals surface area contributed by atoms with E-state index in [0.717, 1.165) is 16.7 Å². The number of carbonyl (C=O) groups excluding carboxylic acids is 4. The van der Waals surface area contributed by atoms with Crippen LogP contribution in [0, 0.1) is 30.6 Å². The summed E-state index contributed by atoms with van der Waals surface area (Å²) < 4.78 is 0. The lowest BCUT2D eigenvalue weighted by atomic mass is 9.52. The molecule has 0 heterocycles. The maximum Gasteiger partial charge on any atom is 0.228 e. The minimum Gasteiger partial charge on any atom is -0.507 e. The molecule has 0 spiro atoms. The summed E-state index contributed by atoms with van der Waals surface area (Å²) in [6.45, 7) is 2.01. The number of nitrogens with zero attached hydrogens (tertiary/aromatic N) is 1. The van der Waals surface area contributed by atoms with Gasteiger partial charge in [0.15, 0.2) is 17.3 Å². The normalized spacial score (nSPS) is 30.8. The highest BCUT2D eigenvalue weighted by Gasteiger charge is 2.64. The van der Waals surface area contributed by atoms with Crippen molar-refractivity contribution in [3.05, 3.63) is 64.2 Å². The fourth-order valence-corrected chi connectivity index (χ4v) is 6.75. The Bertz CT molecular complexity index is 1380. The van der Waals surface area contributed by atoms with Gasteiger partial charge in [0.1, 0.15) is 17.3 Å². The maximum atomic E-state index is 13.9. The van der Waals surface area contributed by atoms with Gasteiger partial charge in [-0.05, 0) is 62.5 Å². The maximum absolute atomic E-state index is 13.9. The molecular formula is C30H32N2O6. The number of Topliss-reactive ketones (excluding diaryl/α,β-unsaturated/α-hetero) is 3. The van der Waals surface area contributed by atoms with Crippen molar-refractivity contribution < 1.29 is 29.4 Å². The number of rotatable bonds is 4.